The van der Waals surface area contributed by atoms with Crippen LogP contribution in [-0.4, -0.2) is 29.4 Å². The monoisotopic (exact) mass is 563 g/mol. The summed E-state index contributed by atoms with van der Waals surface area (Å²) >= 11 is 8.65. The van der Waals surface area contributed by atoms with Gasteiger partial charge in [0, 0.05) is 5.69 Å². The van der Waals surface area contributed by atoms with Crippen molar-refractivity contribution in [1.82, 2.24) is 5.32 Å². The molecule has 0 aliphatic carbocycles. The van der Waals surface area contributed by atoms with E-state index in [1.165, 1.54) is 11.0 Å². The summed E-state index contributed by atoms with van der Waals surface area (Å²) in [7, 11) is 0. The number of anilines is 2. The number of rotatable bonds is 6. The van der Waals surface area contributed by atoms with E-state index in [9.17, 15) is 14.4 Å². The number of nitrogens with zero attached hydrogens (tertiary/aromatic N) is 1. The second-order valence-electron chi connectivity index (χ2n) is 8.14. The Morgan fingerprint density at radius 1 is 1.08 bits per heavy atom. The molecule has 0 bridgehead atoms. The van der Waals surface area contributed by atoms with Gasteiger partial charge in [-0.2, -0.15) is 0 Å². The summed E-state index contributed by atoms with van der Waals surface area (Å²) in [5.41, 5.74) is 3.84. The van der Waals surface area contributed by atoms with E-state index in [1.807, 2.05) is 38.1 Å². The molecule has 3 amide bonds. The van der Waals surface area contributed by atoms with E-state index in [0.717, 1.165) is 16.8 Å². The lowest BCUT2D eigenvalue weighted by atomic mass is 10.1. The number of hydrogen-bond acceptors (Lipinski definition) is 5. The van der Waals surface area contributed by atoms with Crippen LogP contribution in [0.4, 0.5) is 11.4 Å². The predicted octanol–water partition coefficient (Wildman–Crippen LogP) is 4.91. The fourth-order valence-electron chi connectivity index (χ4n) is 3.56. The molecular weight excluding hydrogens is 542 g/mol. The number of hydrogen-bond donors (Lipinski definition) is 2. The maximum atomic E-state index is 13.1. The fraction of sp³-hybridized carbons (Fsp3) is 0.111. The minimum absolute atomic E-state index is 0.0254. The van der Waals surface area contributed by atoms with Gasteiger partial charge >= 0.3 is 0 Å². The van der Waals surface area contributed by atoms with Gasteiger partial charge in [0.15, 0.2) is 11.7 Å². The first-order valence-electron chi connectivity index (χ1n) is 11.0. The Balaban J connectivity index is 1.47. The molecule has 1 aliphatic rings. The van der Waals surface area contributed by atoms with Crippen molar-refractivity contribution in [2.24, 2.45) is 0 Å². The van der Waals surface area contributed by atoms with E-state index in [1.54, 1.807) is 42.5 Å². The number of para-hydroxylation sites is 1. The normalized spacial score (nSPS) is 14.6. The van der Waals surface area contributed by atoms with E-state index < -0.39 is 11.8 Å². The van der Waals surface area contributed by atoms with Gasteiger partial charge in [-0.05, 0) is 95.1 Å². The molecule has 0 radical (unpaired) electrons. The van der Waals surface area contributed by atoms with Gasteiger partial charge in [0.05, 0.1) is 10.2 Å². The van der Waals surface area contributed by atoms with E-state index in [2.05, 4.69) is 26.6 Å². The highest BCUT2D eigenvalue weighted by Gasteiger charge is 2.34. The van der Waals surface area contributed by atoms with Crippen LogP contribution in [0, 0.1) is 13.8 Å². The summed E-state index contributed by atoms with van der Waals surface area (Å²) in [6.07, 6.45) is 1.48. The molecule has 1 saturated heterocycles. The minimum Gasteiger partial charge on any atom is -0.483 e. The highest BCUT2D eigenvalue weighted by Crippen LogP contribution is 2.28. The number of benzene rings is 3. The van der Waals surface area contributed by atoms with Gasteiger partial charge < -0.3 is 10.1 Å². The molecule has 2 N–H and O–H groups in total. The van der Waals surface area contributed by atoms with Crippen molar-refractivity contribution < 1.29 is 19.1 Å². The molecule has 3 aromatic carbocycles. The zero-order valence-corrected chi connectivity index (χ0v) is 21.9. The number of aryl methyl sites for hydroxylation is 2. The largest absolute Gasteiger partial charge is 0.483 e. The Bertz CT molecular complexity index is 1410. The van der Waals surface area contributed by atoms with Gasteiger partial charge in [-0.25, -0.2) is 0 Å². The Kier molecular flexibility index (Phi) is 7.61. The fourth-order valence-corrected chi connectivity index (χ4v) is 4.35. The number of thiocarbonyl (C=S) groups is 1. The standard InChI is InChI=1S/C27H22BrN3O4S/c1-16-8-9-17(2)22(12-16)29-24(32)15-35-23-11-10-18(14-21(23)28)13-20-25(33)30-27(36)31(26(20)34)19-6-4-3-5-7-19/h3-14H,15H2,1-2H3,(H,29,32)(H,30,33,36)/b20-13-. The van der Waals surface area contributed by atoms with E-state index in [0.29, 0.717) is 21.5 Å². The maximum absolute atomic E-state index is 13.1. The molecule has 1 fully saturated rings. The molecule has 36 heavy (non-hydrogen) atoms. The van der Waals surface area contributed by atoms with Crippen molar-refractivity contribution in [3.05, 3.63) is 93.5 Å². The van der Waals surface area contributed by atoms with Gasteiger partial charge in [-0.15, -0.1) is 0 Å². The number of carbonyl (C=O) groups is 3. The summed E-state index contributed by atoms with van der Waals surface area (Å²) in [6.45, 7) is 3.69. The third-order valence-electron chi connectivity index (χ3n) is 5.41. The van der Waals surface area contributed by atoms with E-state index >= 15 is 0 Å². The third-order valence-corrected chi connectivity index (χ3v) is 6.31. The number of ether oxygens (including phenoxy) is 1. The topological polar surface area (TPSA) is 87.7 Å². The van der Waals surface area contributed by atoms with Crippen LogP contribution in [0.3, 0.4) is 0 Å². The molecule has 1 aliphatic heterocycles. The molecule has 0 atom stereocenters. The van der Waals surface area contributed by atoms with Gasteiger partial charge in [-0.3, -0.25) is 24.6 Å². The minimum atomic E-state index is -0.572. The summed E-state index contributed by atoms with van der Waals surface area (Å²) in [6, 6.07) is 19.7. The van der Waals surface area contributed by atoms with Crippen LogP contribution < -0.4 is 20.3 Å². The van der Waals surface area contributed by atoms with E-state index in [4.69, 9.17) is 17.0 Å². The number of nitrogens with one attached hydrogen (secondary N) is 2. The van der Waals surface area contributed by atoms with Crippen molar-refractivity contribution in [3.63, 3.8) is 0 Å². The van der Waals surface area contributed by atoms with Crippen LogP contribution >= 0.6 is 28.1 Å². The Morgan fingerprint density at radius 3 is 2.56 bits per heavy atom. The number of halogens is 1. The summed E-state index contributed by atoms with van der Waals surface area (Å²) in [5, 5.41) is 5.44. The van der Waals surface area contributed by atoms with Crippen LogP contribution in [0.1, 0.15) is 16.7 Å². The van der Waals surface area contributed by atoms with Crippen LogP contribution in [0.15, 0.2) is 76.8 Å². The molecule has 3 aromatic rings. The van der Waals surface area contributed by atoms with Crippen LogP contribution in [0.5, 0.6) is 5.75 Å². The second-order valence-corrected chi connectivity index (χ2v) is 9.38. The first-order valence-corrected chi connectivity index (χ1v) is 12.2. The number of carbonyl (C=O) groups excluding carboxylic acids is 3. The Morgan fingerprint density at radius 2 is 1.83 bits per heavy atom. The Labute approximate surface area is 222 Å². The molecule has 1 heterocycles. The molecular formula is C27H22BrN3O4S. The molecule has 0 saturated carbocycles. The van der Waals surface area contributed by atoms with Crippen molar-refractivity contribution in [1.29, 1.82) is 0 Å². The zero-order valence-electron chi connectivity index (χ0n) is 19.5. The van der Waals surface area contributed by atoms with Gasteiger partial charge in [0.2, 0.25) is 0 Å². The van der Waals surface area contributed by atoms with Gasteiger partial charge in [0.25, 0.3) is 17.7 Å². The first kappa shape index (κ1) is 25.3. The van der Waals surface area contributed by atoms with Crippen molar-refractivity contribution >= 4 is 68.4 Å². The van der Waals surface area contributed by atoms with Crippen LogP contribution in [0.2, 0.25) is 0 Å². The molecule has 4 rings (SSSR count). The third kappa shape index (κ3) is 5.69. The number of amides is 3. The lowest BCUT2D eigenvalue weighted by molar-refractivity contribution is -0.122. The molecule has 0 spiro atoms. The summed E-state index contributed by atoms with van der Waals surface area (Å²) < 4.78 is 6.23. The lowest BCUT2D eigenvalue weighted by Crippen LogP contribution is -2.54. The van der Waals surface area contributed by atoms with Crippen LogP contribution in [-0.2, 0) is 14.4 Å². The predicted molar refractivity (Wildman–Crippen MR) is 147 cm³/mol. The quantitative estimate of drug-likeness (QED) is 0.252. The average molecular weight is 564 g/mol. The molecule has 182 valence electrons. The lowest BCUT2D eigenvalue weighted by Gasteiger charge is -2.28. The smallest absolute Gasteiger partial charge is 0.270 e. The van der Waals surface area contributed by atoms with E-state index in [-0.39, 0.29) is 23.2 Å². The summed E-state index contributed by atoms with van der Waals surface area (Å²) in [4.78, 5) is 39.3. The zero-order chi connectivity index (χ0) is 25.8. The van der Waals surface area contributed by atoms with Gasteiger partial charge in [0.1, 0.15) is 11.3 Å². The summed E-state index contributed by atoms with van der Waals surface area (Å²) in [5.74, 6) is -0.936. The second kappa shape index (κ2) is 10.8. The average Bonchev–Trinajstić information content (AvgIpc) is 2.84. The van der Waals surface area contributed by atoms with Gasteiger partial charge in [-0.1, -0.05) is 36.4 Å². The maximum Gasteiger partial charge on any atom is 0.270 e. The highest BCUT2D eigenvalue weighted by atomic mass is 79.9. The Hall–Kier alpha value is -3.82. The van der Waals surface area contributed by atoms with Crippen molar-refractivity contribution in [2.45, 2.75) is 13.8 Å². The van der Waals surface area contributed by atoms with Crippen molar-refractivity contribution in [3.8, 4) is 5.75 Å². The highest BCUT2D eigenvalue weighted by molar-refractivity contribution is 9.10. The SMILES string of the molecule is Cc1ccc(C)c(NC(=O)COc2ccc(/C=C3/C(=O)NC(=S)N(c4ccccc4)C3=O)cc2Br)c1. The molecule has 0 aromatic heterocycles. The first-order chi connectivity index (χ1) is 17.2. The molecule has 7 nitrogen and oxygen atoms in total. The molecule has 9 heteroatoms. The van der Waals surface area contributed by atoms with Crippen LogP contribution in [0.25, 0.3) is 6.08 Å². The van der Waals surface area contributed by atoms with Crippen molar-refractivity contribution in [2.75, 3.05) is 16.8 Å². The molecule has 0 unspecified atom stereocenters.